The molecule has 0 saturated heterocycles. The maximum absolute atomic E-state index is 11.6. The van der Waals surface area contributed by atoms with E-state index in [1.807, 2.05) is 13.8 Å². The Bertz CT molecular complexity index is 438. The van der Waals surface area contributed by atoms with Crippen LogP contribution in [0.5, 0.6) is 0 Å². The molecule has 0 aromatic carbocycles. The number of rotatable bonds is 8. The molecule has 1 heterocycles. The minimum absolute atomic E-state index is 0.127. The van der Waals surface area contributed by atoms with Gasteiger partial charge in [-0.05, 0) is 5.92 Å². The van der Waals surface area contributed by atoms with Crippen LogP contribution in [-0.2, 0) is 9.53 Å². The zero-order chi connectivity index (χ0) is 15.0. The molecule has 0 spiro atoms. The average molecular weight is 282 g/mol. The number of amides is 1. The maximum Gasteiger partial charge on any atom is 0.239 e. The second-order valence-corrected chi connectivity index (χ2v) is 4.48. The normalized spacial score (nSPS) is 10.4. The average Bonchev–Trinajstić information content (AvgIpc) is 2.44. The molecule has 0 saturated carbocycles. The van der Waals surface area contributed by atoms with E-state index in [9.17, 15) is 4.79 Å². The van der Waals surface area contributed by atoms with Crippen LogP contribution < -0.4 is 21.9 Å². The van der Waals surface area contributed by atoms with Gasteiger partial charge in [-0.25, -0.2) is 15.8 Å². The van der Waals surface area contributed by atoms with E-state index in [0.717, 1.165) is 5.56 Å². The van der Waals surface area contributed by atoms with E-state index in [4.69, 9.17) is 10.6 Å². The van der Waals surface area contributed by atoms with E-state index in [1.165, 1.54) is 6.33 Å². The zero-order valence-corrected chi connectivity index (χ0v) is 12.1. The molecule has 0 radical (unpaired) electrons. The summed E-state index contributed by atoms with van der Waals surface area (Å²) in [5.41, 5.74) is 3.39. The van der Waals surface area contributed by atoms with Gasteiger partial charge in [0.15, 0.2) is 0 Å². The van der Waals surface area contributed by atoms with Gasteiger partial charge in [0.1, 0.15) is 18.0 Å². The molecule has 1 rings (SSSR count). The van der Waals surface area contributed by atoms with Crippen molar-refractivity contribution in [2.45, 2.75) is 19.8 Å². The van der Waals surface area contributed by atoms with Crippen LogP contribution in [0.3, 0.4) is 0 Å². The Morgan fingerprint density at radius 1 is 1.40 bits per heavy atom. The fourth-order valence-corrected chi connectivity index (χ4v) is 1.72. The van der Waals surface area contributed by atoms with E-state index in [1.54, 1.807) is 7.11 Å². The molecule has 0 fully saturated rings. The highest BCUT2D eigenvalue weighted by atomic mass is 16.5. The third kappa shape index (κ3) is 4.63. The fraction of sp³-hybridized carbons (Fsp3) is 0.583. The number of nitrogens with two attached hydrogens (primary N) is 1. The standard InChI is InChI=1S/C12H22N6O2/c1-8(2)10-11(16-7-17-12(10)18-13)15-6-9(19)14-4-5-20-3/h7-8H,4-6,13H2,1-3H3,(H,14,19)(H2,15,16,17,18). The molecule has 8 heteroatoms. The number of carbonyl (C=O) groups is 1. The van der Waals surface area contributed by atoms with Crippen molar-refractivity contribution in [3.8, 4) is 0 Å². The summed E-state index contributed by atoms with van der Waals surface area (Å²) >= 11 is 0. The Balaban J connectivity index is 2.65. The van der Waals surface area contributed by atoms with Gasteiger partial charge in [0, 0.05) is 19.2 Å². The molecule has 1 aromatic rings. The van der Waals surface area contributed by atoms with Crippen LogP contribution in [0, 0.1) is 0 Å². The first kappa shape index (κ1) is 16.1. The zero-order valence-electron chi connectivity index (χ0n) is 12.1. The van der Waals surface area contributed by atoms with Gasteiger partial charge >= 0.3 is 0 Å². The Labute approximate surface area is 118 Å². The van der Waals surface area contributed by atoms with Crippen LogP contribution >= 0.6 is 0 Å². The van der Waals surface area contributed by atoms with E-state index in [0.29, 0.717) is 24.8 Å². The molecule has 0 unspecified atom stereocenters. The lowest BCUT2D eigenvalue weighted by molar-refractivity contribution is -0.119. The van der Waals surface area contributed by atoms with Gasteiger partial charge in [0.2, 0.25) is 5.91 Å². The lowest BCUT2D eigenvalue weighted by Gasteiger charge is -2.16. The van der Waals surface area contributed by atoms with E-state index in [-0.39, 0.29) is 18.4 Å². The van der Waals surface area contributed by atoms with Crippen molar-refractivity contribution >= 4 is 17.5 Å². The van der Waals surface area contributed by atoms with Crippen molar-refractivity contribution in [2.75, 3.05) is 37.5 Å². The van der Waals surface area contributed by atoms with Gasteiger partial charge in [-0.1, -0.05) is 13.8 Å². The molecule has 112 valence electrons. The molecule has 20 heavy (non-hydrogen) atoms. The van der Waals surface area contributed by atoms with E-state index >= 15 is 0 Å². The van der Waals surface area contributed by atoms with Gasteiger partial charge in [-0.15, -0.1) is 0 Å². The van der Waals surface area contributed by atoms with Crippen molar-refractivity contribution in [1.82, 2.24) is 15.3 Å². The summed E-state index contributed by atoms with van der Waals surface area (Å²) in [7, 11) is 1.58. The number of hydrogen-bond donors (Lipinski definition) is 4. The van der Waals surface area contributed by atoms with E-state index in [2.05, 4.69) is 26.0 Å². The molecule has 0 bridgehead atoms. The van der Waals surface area contributed by atoms with Crippen LogP contribution in [0.25, 0.3) is 0 Å². The molecule has 0 aliphatic carbocycles. The van der Waals surface area contributed by atoms with Gasteiger partial charge in [-0.2, -0.15) is 0 Å². The van der Waals surface area contributed by atoms with Crippen LogP contribution in [0.4, 0.5) is 11.6 Å². The van der Waals surface area contributed by atoms with Gasteiger partial charge in [0.05, 0.1) is 13.2 Å². The highest BCUT2D eigenvalue weighted by Crippen LogP contribution is 2.27. The van der Waals surface area contributed by atoms with Crippen molar-refractivity contribution in [2.24, 2.45) is 5.84 Å². The summed E-state index contributed by atoms with van der Waals surface area (Å²) in [6, 6.07) is 0. The molecular weight excluding hydrogens is 260 g/mol. The maximum atomic E-state index is 11.6. The van der Waals surface area contributed by atoms with Crippen LogP contribution in [0.15, 0.2) is 6.33 Å². The fourth-order valence-electron chi connectivity index (χ4n) is 1.72. The second kappa shape index (κ2) is 8.28. The molecule has 1 aromatic heterocycles. The highest BCUT2D eigenvalue weighted by molar-refractivity contribution is 5.80. The number of nitrogen functional groups attached to an aromatic ring is 1. The summed E-state index contributed by atoms with van der Waals surface area (Å²) in [6.07, 6.45) is 1.40. The second-order valence-electron chi connectivity index (χ2n) is 4.48. The number of nitrogens with zero attached hydrogens (tertiary/aromatic N) is 2. The minimum atomic E-state index is -0.127. The van der Waals surface area contributed by atoms with Gasteiger partial charge in [0.25, 0.3) is 0 Å². The predicted octanol–water partition coefficient (Wildman–Crippen LogP) is 0.0601. The summed E-state index contributed by atoms with van der Waals surface area (Å²) in [5, 5.41) is 5.72. The molecular formula is C12H22N6O2. The predicted molar refractivity (Wildman–Crippen MR) is 77.3 cm³/mol. The third-order valence-corrected chi connectivity index (χ3v) is 2.64. The number of carbonyl (C=O) groups excluding carboxylic acids is 1. The van der Waals surface area contributed by atoms with E-state index < -0.39 is 0 Å². The lowest BCUT2D eigenvalue weighted by atomic mass is 10.0. The van der Waals surface area contributed by atoms with Crippen LogP contribution in [0.2, 0.25) is 0 Å². The first-order chi connectivity index (χ1) is 9.60. The summed E-state index contributed by atoms with van der Waals surface area (Å²) in [5.74, 6) is 6.63. The molecule has 0 aliphatic heterocycles. The van der Waals surface area contributed by atoms with Crippen LogP contribution in [0.1, 0.15) is 25.3 Å². The number of aromatic nitrogens is 2. The summed E-state index contributed by atoms with van der Waals surface area (Å²) in [6.45, 7) is 5.10. The number of methoxy groups -OCH3 is 1. The summed E-state index contributed by atoms with van der Waals surface area (Å²) < 4.78 is 4.86. The Morgan fingerprint density at radius 3 is 2.70 bits per heavy atom. The highest BCUT2D eigenvalue weighted by Gasteiger charge is 2.14. The number of hydrogen-bond acceptors (Lipinski definition) is 7. The lowest BCUT2D eigenvalue weighted by Crippen LogP contribution is -2.32. The van der Waals surface area contributed by atoms with Gasteiger partial charge in [-0.3, -0.25) is 4.79 Å². The molecule has 0 atom stereocenters. The minimum Gasteiger partial charge on any atom is -0.383 e. The van der Waals surface area contributed by atoms with Crippen molar-refractivity contribution in [3.05, 3.63) is 11.9 Å². The number of hydrazine groups is 1. The largest absolute Gasteiger partial charge is 0.383 e. The first-order valence-corrected chi connectivity index (χ1v) is 6.41. The Morgan fingerprint density at radius 2 is 2.10 bits per heavy atom. The Hall–Kier alpha value is -1.93. The number of ether oxygens (including phenoxy) is 1. The quantitative estimate of drug-likeness (QED) is 0.303. The molecule has 1 amide bonds. The smallest absolute Gasteiger partial charge is 0.239 e. The third-order valence-electron chi connectivity index (χ3n) is 2.64. The first-order valence-electron chi connectivity index (χ1n) is 6.41. The molecule has 0 aliphatic rings. The SMILES string of the molecule is COCCNC(=O)CNc1ncnc(NN)c1C(C)C. The van der Waals surface area contributed by atoms with Crippen molar-refractivity contribution < 1.29 is 9.53 Å². The Kier molecular flexibility index (Phi) is 6.68. The number of nitrogens with one attached hydrogen (secondary N) is 3. The van der Waals surface area contributed by atoms with Crippen molar-refractivity contribution in [3.63, 3.8) is 0 Å². The molecule has 8 nitrogen and oxygen atoms in total. The summed E-state index contributed by atoms with van der Waals surface area (Å²) in [4.78, 5) is 19.8. The van der Waals surface area contributed by atoms with Gasteiger partial charge < -0.3 is 20.8 Å². The molecule has 5 N–H and O–H groups in total. The monoisotopic (exact) mass is 282 g/mol. The van der Waals surface area contributed by atoms with Crippen molar-refractivity contribution in [1.29, 1.82) is 0 Å². The number of anilines is 2. The van der Waals surface area contributed by atoms with Crippen LogP contribution in [-0.4, -0.2) is 42.7 Å². The topological polar surface area (TPSA) is 114 Å².